The summed E-state index contributed by atoms with van der Waals surface area (Å²) < 4.78 is 26.2. The minimum absolute atomic E-state index is 0.255. The van der Waals surface area contributed by atoms with Gasteiger partial charge in [-0.05, 0) is 48.5 Å². The fraction of sp³-hybridized carbons (Fsp3) is 0.154. The van der Waals surface area contributed by atoms with Crippen LogP contribution in [0.25, 0.3) is 16.2 Å². The summed E-state index contributed by atoms with van der Waals surface area (Å²) in [5.74, 6) is 1.00. The average Bonchev–Trinajstić information content (AvgIpc) is 3.61. The molecule has 9 heteroatoms. The number of benzene rings is 2. The highest BCUT2D eigenvalue weighted by molar-refractivity contribution is 7.15. The van der Waals surface area contributed by atoms with Crippen LogP contribution < -0.4 is 10.1 Å². The molecule has 0 spiro atoms. The number of para-hydroxylation sites is 2. The summed E-state index contributed by atoms with van der Waals surface area (Å²) in [5.41, 5.74) is 3.25. The van der Waals surface area contributed by atoms with Crippen molar-refractivity contribution in [3.63, 3.8) is 0 Å². The molecule has 1 N–H and O–H groups in total. The topological polar surface area (TPSA) is 72.0 Å². The van der Waals surface area contributed by atoms with E-state index in [9.17, 15) is 9.18 Å². The molecule has 2 amide bonds. The number of nitrogens with zero attached hydrogens (tertiary/aromatic N) is 3. The van der Waals surface area contributed by atoms with Crippen molar-refractivity contribution in [1.29, 1.82) is 0 Å². The van der Waals surface area contributed by atoms with Crippen LogP contribution in [0.2, 0.25) is 0 Å². The lowest BCUT2D eigenvalue weighted by atomic mass is 10.2. The number of rotatable bonds is 8. The third-order valence-electron chi connectivity index (χ3n) is 5.62. The molecule has 0 saturated heterocycles. The summed E-state index contributed by atoms with van der Waals surface area (Å²) in [6, 6.07) is 17.0. The first-order valence-electron chi connectivity index (χ1n) is 11.0. The second kappa shape index (κ2) is 10.0. The molecule has 3 heterocycles. The molecule has 3 aromatic heterocycles. The first-order valence-corrected chi connectivity index (χ1v) is 11.9. The van der Waals surface area contributed by atoms with E-state index in [-0.39, 0.29) is 11.8 Å². The van der Waals surface area contributed by atoms with E-state index in [0.717, 1.165) is 21.9 Å². The molecule has 0 unspecified atom stereocenters. The van der Waals surface area contributed by atoms with Crippen molar-refractivity contribution in [3.05, 3.63) is 95.8 Å². The Balaban J connectivity index is 1.34. The van der Waals surface area contributed by atoms with Gasteiger partial charge in [0.15, 0.2) is 4.96 Å². The van der Waals surface area contributed by atoms with Crippen LogP contribution in [0, 0.1) is 5.82 Å². The minimum atomic E-state index is -0.279. The van der Waals surface area contributed by atoms with Gasteiger partial charge >= 0.3 is 6.03 Å². The molecule has 0 aliphatic rings. The number of methoxy groups -OCH3 is 1. The zero-order valence-corrected chi connectivity index (χ0v) is 19.8. The fourth-order valence-electron chi connectivity index (χ4n) is 3.80. The van der Waals surface area contributed by atoms with E-state index in [1.165, 1.54) is 23.5 Å². The van der Waals surface area contributed by atoms with Gasteiger partial charge in [-0.1, -0.05) is 12.1 Å². The van der Waals surface area contributed by atoms with Crippen LogP contribution in [-0.2, 0) is 13.0 Å². The Morgan fingerprint density at radius 2 is 2.00 bits per heavy atom. The van der Waals surface area contributed by atoms with Gasteiger partial charge in [-0.25, -0.2) is 14.2 Å². The second-order valence-electron chi connectivity index (χ2n) is 7.89. The maximum Gasteiger partial charge on any atom is 0.322 e. The lowest BCUT2D eigenvalue weighted by Crippen LogP contribution is -2.36. The largest absolute Gasteiger partial charge is 0.495 e. The van der Waals surface area contributed by atoms with E-state index in [4.69, 9.17) is 9.15 Å². The highest BCUT2D eigenvalue weighted by atomic mass is 32.1. The number of urea groups is 1. The quantitative estimate of drug-likeness (QED) is 0.286. The molecule has 5 rings (SSSR count). The van der Waals surface area contributed by atoms with Crippen molar-refractivity contribution in [1.82, 2.24) is 14.3 Å². The zero-order chi connectivity index (χ0) is 24.2. The third-order valence-corrected chi connectivity index (χ3v) is 6.51. The maximum absolute atomic E-state index is 13.3. The zero-order valence-electron chi connectivity index (χ0n) is 19.0. The van der Waals surface area contributed by atoms with Crippen molar-refractivity contribution in [2.24, 2.45) is 0 Å². The molecule has 0 radical (unpaired) electrons. The molecule has 0 atom stereocenters. The number of nitrogens with one attached hydrogen (secondary N) is 1. The van der Waals surface area contributed by atoms with Crippen LogP contribution in [0.4, 0.5) is 14.9 Å². The van der Waals surface area contributed by atoms with Crippen molar-refractivity contribution >= 4 is 28.0 Å². The molecule has 0 aliphatic heterocycles. The normalized spacial score (nSPS) is 11.0. The van der Waals surface area contributed by atoms with Crippen molar-refractivity contribution in [2.45, 2.75) is 13.0 Å². The standard InChI is InChI=1S/C26H23FN4O3S/c1-33-24-7-3-2-6-22(24)28-25(32)30(15-21-5-4-14-34-21)13-12-20-17-35-26-29-23(16-31(20)26)18-8-10-19(27)11-9-18/h2-11,14,16-17H,12-13,15H2,1H3,(H,28,32). The van der Waals surface area contributed by atoms with Crippen LogP contribution in [0.5, 0.6) is 5.75 Å². The van der Waals surface area contributed by atoms with Crippen molar-refractivity contribution in [2.75, 3.05) is 19.0 Å². The Bertz CT molecular complexity index is 1430. The fourth-order valence-corrected chi connectivity index (χ4v) is 4.71. The third kappa shape index (κ3) is 5.04. The number of anilines is 1. The molecule has 0 saturated carbocycles. The molecule has 0 bridgehead atoms. The number of hydrogen-bond acceptors (Lipinski definition) is 5. The summed E-state index contributed by atoms with van der Waals surface area (Å²) in [6.45, 7) is 0.781. The summed E-state index contributed by atoms with van der Waals surface area (Å²) in [6.07, 6.45) is 4.15. The number of ether oxygens (including phenoxy) is 1. The SMILES string of the molecule is COc1ccccc1NC(=O)N(CCc1csc2nc(-c3ccc(F)cc3)cn12)Cc1ccco1. The molecule has 7 nitrogen and oxygen atoms in total. The van der Waals surface area contributed by atoms with Gasteiger partial charge in [-0.2, -0.15) is 0 Å². The van der Waals surface area contributed by atoms with E-state index >= 15 is 0 Å². The number of carbonyl (C=O) groups is 1. The summed E-state index contributed by atoms with van der Waals surface area (Å²) in [7, 11) is 1.57. The molecule has 0 aliphatic carbocycles. The number of imidazole rings is 1. The Hall–Kier alpha value is -4.11. The number of thiazole rings is 1. The number of carbonyl (C=O) groups excluding carboxylic acids is 1. The van der Waals surface area contributed by atoms with Crippen molar-refractivity contribution < 1.29 is 18.3 Å². The van der Waals surface area contributed by atoms with Gasteiger partial charge < -0.3 is 19.4 Å². The van der Waals surface area contributed by atoms with Crippen LogP contribution >= 0.6 is 11.3 Å². The van der Waals surface area contributed by atoms with Crippen LogP contribution in [0.1, 0.15) is 11.5 Å². The van der Waals surface area contributed by atoms with Gasteiger partial charge in [0.2, 0.25) is 0 Å². The number of aromatic nitrogens is 2. The lowest BCUT2D eigenvalue weighted by molar-refractivity contribution is 0.204. The smallest absolute Gasteiger partial charge is 0.322 e. The molecule has 0 fully saturated rings. The molecule has 35 heavy (non-hydrogen) atoms. The Labute approximate surface area is 205 Å². The van der Waals surface area contributed by atoms with Crippen LogP contribution in [-0.4, -0.2) is 34.0 Å². The number of fused-ring (bicyclic) bond motifs is 1. The number of furan rings is 1. The van der Waals surface area contributed by atoms with Gasteiger partial charge in [0.1, 0.15) is 17.3 Å². The molecular formula is C26H23FN4O3S. The van der Waals surface area contributed by atoms with E-state index in [1.54, 1.807) is 48.6 Å². The summed E-state index contributed by atoms with van der Waals surface area (Å²) in [4.78, 5) is 20.4. The Morgan fingerprint density at radius 1 is 1.17 bits per heavy atom. The predicted molar refractivity (Wildman–Crippen MR) is 133 cm³/mol. The molecular weight excluding hydrogens is 467 g/mol. The number of amides is 2. The Morgan fingerprint density at radius 3 is 2.77 bits per heavy atom. The number of hydrogen-bond donors (Lipinski definition) is 1. The summed E-state index contributed by atoms with van der Waals surface area (Å²) >= 11 is 1.53. The van der Waals surface area contributed by atoms with Crippen molar-refractivity contribution in [3.8, 4) is 17.0 Å². The summed E-state index contributed by atoms with van der Waals surface area (Å²) in [5, 5.41) is 4.99. The van der Waals surface area contributed by atoms with E-state index in [1.807, 2.05) is 34.2 Å². The predicted octanol–water partition coefficient (Wildman–Crippen LogP) is 6.08. The monoisotopic (exact) mass is 490 g/mol. The van der Waals surface area contributed by atoms with Gasteiger partial charge in [0.05, 0.1) is 31.3 Å². The maximum atomic E-state index is 13.3. The van der Waals surface area contributed by atoms with Gasteiger partial charge in [-0.15, -0.1) is 11.3 Å². The van der Waals surface area contributed by atoms with Crippen LogP contribution in [0.15, 0.2) is 82.9 Å². The second-order valence-corrected chi connectivity index (χ2v) is 8.73. The Kier molecular flexibility index (Phi) is 6.49. The molecule has 5 aromatic rings. The molecule has 2 aromatic carbocycles. The van der Waals surface area contributed by atoms with Gasteiger partial charge in [-0.3, -0.25) is 4.40 Å². The van der Waals surface area contributed by atoms with Crippen LogP contribution in [0.3, 0.4) is 0 Å². The van der Waals surface area contributed by atoms with E-state index in [2.05, 4.69) is 10.3 Å². The van der Waals surface area contributed by atoms with Gasteiger partial charge in [0.25, 0.3) is 0 Å². The van der Waals surface area contributed by atoms with Gasteiger partial charge in [0, 0.05) is 35.8 Å². The average molecular weight is 491 g/mol. The first kappa shape index (κ1) is 22.7. The minimum Gasteiger partial charge on any atom is -0.495 e. The van der Waals surface area contributed by atoms with E-state index < -0.39 is 0 Å². The van der Waals surface area contributed by atoms with E-state index in [0.29, 0.717) is 36.7 Å². The number of halogens is 1. The first-order chi connectivity index (χ1) is 17.1. The lowest BCUT2D eigenvalue weighted by Gasteiger charge is -2.22. The highest BCUT2D eigenvalue weighted by Crippen LogP contribution is 2.26. The molecule has 178 valence electrons. The highest BCUT2D eigenvalue weighted by Gasteiger charge is 2.18.